The number of oxazole rings is 1. The van der Waals surface area contributed by atoms with Gasteiger partial charge in [0.1, 0.15) is 5.39 Å². The molecule has 172 valence electrons. The molecular formula is C24H23N7O3. The van der Waals surface area contributed by atoms with Crippen LogP contribution >= 0.6 is 0 Å². The number of hydrogen-bond donors (Lipinski definition) is 3. The first-order valence-corrected chi connectivity index (χ1v) is 11.2. The Morgan fingerprint density at radius 3 is 3.00 bits per heavy atom. The van der Waals surface area contributed by atoms with E-state index in [4.69, 9.17) is 9.52 Å². The van der Waals surface area contributed by atoms with E-state index in [0.717, 1.165) is 36.9 Å². The maximum atomic E-state index is 12.7. The normalized spacial score (nSPS) is 17.9. The van der Waals surface area contributed by atoms with Crippen LogP contribution in [-0.4, -0.2) is 25.7 Å². The van der Waals surface area contributed by atoms with E-state index in [9.17, 15) is 14.9 Å². The van der Waals surface area contributed by atoms with E-state index in [-0.39, 0.29) is 35.7 Å². The summed E-state index contributed by atoms with van der Waals surface area (Å²) in [6, 6.07) is 11.7. The van der Waals surface area contributed by atoms with Crippen molar-refractivity contribution in [1.29, 1.82) is 5.26 Å². The average molecular weight is 457 g/mol. The maximum Gasteiger partial charge on any atom is 0.288 e. The highest BCUT2D eigenvalue weighted by Crippen LogP contribution is 2.36. The van der Waals surface area contributed by atoms with Crippen LogP contribution in [0.5, 0.6) is 0 Å². The molecule has 1 aliphatic rings. The van der Waals surface area contributed by atoms with Crippen molar-refractivity contribution in [3.63, 3.8) is 0 Å². The van der Waals surface area contributed by atoms with Crippen LogP contribution in [0.25, 0.3) is 10.9 Å². The summed E-state index contributed by atoms with van der Waals surface area (Å²) in [5, 5.41) is 20.9. The maximum absolute atomic E-state index is 12.7. The van der Waals surface area contributed by atoms with Gasteiger partial charge in [0, 0.05) is 18.4 Å². The summed E-state index contributed by atoms with van der Waals surface area (Å²) < 4.78 is 6.84. The van der Waals surface area contributed by atoms with Gasteiger partial charge < -0.3 is 20.0 Å². The largest absolute Gasteiger partial charge is 0.438 e. The zero-order chi connectivity index (χ0) is 23.5. The summed E-state index contributed by atoms with van der Waals surface area (Å²) in [6.07, 6.45) is 7.90. The van der Waals surface area contributed by atoms with Crippen LogP contribution < -0.4 is 16.2 Å². The first kappa shape index (κ1) is 21.5. The Balaban J connectivity index is 1.42. The number of carbonyl (C=O) groups is 1. The van der Waals surface area contributed by atoms with Crippen LogP contribution in [0.15, 0.2) is 58.3 Å². The van der Waals surface area contributed by atoms with Gasteiger partial charge in [-0.1, -0.05) is 25.0 Å². The molecule has 0 spiro atoms. The Morgan fingerprint density at radius 2 is 2.18 bits per heavy atom. The summed E-state index contributed by atoms with van der Waals surface area (Å²) in [7, 11) is 0. The predicted octanol–water partition coefficient (Wildman–Crippen LogP) is 3.64. The van der Waals surface area contributed by atoms with Gasteiger partial charge in [-0.05, 0) is 36.6 Å². The van der Waals surface area contributed by atoms with Crippen molar-refractivity contribution in [2.75, 3.05) is 5.32 Å². The molecule has 10 nitrogen and oxygen atoms in total. The third-order valence-electron chi connectivity index (χ3n) is 6.14. The number of nitriles is 1. The average Bonchev–Trinajstić information content (AvgIpc) is 3.52. The van der Waals surface area contributed by atoms with Crippen molar-refractivity contribution in [2.45, 2.75) is 38.3 Å². The fraction of sp³-hybridized carbons (Fsp3) is 0.292. The Hall–Kier alpha value is -4.39. The number of aromatic nitrogens is 4. The molecule has 4 aromatic rings. The lowest BCUT2D eigenvalue weighted by atomic mass is 9.85. The van der Waals surface area contributed by atoms with Crippen LogP contribution in [0, 0.1) is 17.2 Å². The lowest BCUT2D eigenvalue weighted by Gasteiger charge is -2.27. The van der Waals surface area contributed by atoms with Gasteiger partial charge >= 0.3 is 0 Å². The number of hydrogen-bond acceptors (Lipinski definition) is 7. The van der Waals surface area contributed by atoms with Crippen molar-refractivity contribution >= 4 is 28.3 Å². The van der Waals surface area contributed by atoms with Gasteiger partial charge in [-0.15, -0.1) is 0 Å². The fourth-order valence-corrected chi connectivity index (χ4v) is 4.49. The van der Waals surface area contributed by atoms with Crippen molar-refractivity contribution < 1.29 is 9.21 Å². The highest BCUT2D eigenvalue weighted by atomic mass is 16.3. The number of nitrogens with one attached hydrogen (secondary N) is 3. The molecule has 0 bridgehead atoms. The van der Waals surface area contributed by atoms with Gasteiger partial charge in [0.05, 0.1) is 29.7 Å². The number of rotatable bonds is 6. The monoisotopic (exact) mass is 457 g/mol. The van der Waals surface area contributed by atoms with Crippen molar-refractivity contribution in [2.24, 2.45) is 5.92 Å². The number of aromatic amines is 1. The van der Waals surface area contributed by atoms with Crippen molar-refractivity contribution in [3.05, 3.63) is 70.8 Å². The second-order valence-corrected chi connectivity index (χ2v) is 8.32. The lowest BCUT2D eigenvalue weighted by Crippen LogP contribution is -2.23. The molecule has 2 atom stereocenters. The smallest absolute Gasteiger partial charge is 0.288 e. The number of amides is 1. The molecule has 10 heteroatoms. The molecule has 1 aliphatic carbocycles. The number of fused-ring (bicyclic) bond motifs is 1. The van der Waals surface area contributed by atoms with E-state index < -0.39 is 0 Å². The quantitative estimate of drug-likeness (QED) is 0.401. The molecule has 1 aromatic carbocycles. The number of carbonyl (C=O) groups excluding carboxylic acids is 1. The molecule has 5 rings (SSSR count). The zero-order valence-corrected chi connectivity index (χ0v) is 18.3. The number of anilines is 2. The minimum Gasteiger partial charge on any atom is -0.438 e. The second-order valence-electron chi connectivity index (χ2n) is 8.32. The van der Waals surface area contributed by atoms with Gasteiger partial charge in [0.25, 0.3) is 11.5 Å². The molecule has 1 fully saturated rings. The zero-order valence-electron chi connectivity index (χ0n) is 18.3. The van der Waals surface area contributed by atoms with E-state index in [1.165, 1.54) is 12.6 Å². The van der Waals surface area contributed by atoms with Gasteiger partial charge in [0.15, 0.2) is 12.2 Å². The van der Waals surface area contributed by atoms with E-state index >= 15 is 0 Å². The number of benzene rings is 1. The Morgan fingerprint density at radius 1 is 1.29 bits per heavy atom. The molecule has 0 aliphatic heterocycles. The molecule has 3 N–H and O–H groups in total. The van der Waals surface area contributed by atoms with Crippen molar-refractivity contribution in [1.82, 2.24) is 25.1 Å². The Kier molecular flexibility index (Phi) is 5.82. The van der Waals surface area contributed by atoms with Gasteiger partial charge in [-0.2, -0.15) is 10.4 Å². The number of pyridine rings is 1. The molecule has 3 heterocycles. The van der Waals surface area contributed by atoms with Gasteiger partial charge in [0.2, 0.25) is 5.76 Å². The van der Waals surface area contributed by atoms with E-state index in [2.05, 4.69) is 26.7 Å². The lowest BCUT2D eigenvalue weighted by molar-refractivity contribution is 0.0923. The fourth-order valence-electron chi connectivity index (χ4n) is 4.49. The molecule has 34 heavy (non-hydrogen) atoms. The standard InChI is InChI=1S/C24H23N7O3/c25-11-16-5-1-2-7-18(16)31-19-8-9-27-24(33)21(19)22(30-31)29-17-6-3-4-15(10-17)12-28-23(32)20-13-26-14-34-20/h3-4,6,8-10,13-14,16,18H,1-2,5,7,12H2,(H,27,33)(H,28,32)(H,29,30). The molecule has 3 aromatic heterocycles. The first-order chi connectivity index (χ1) is 16.6. The second kappa shape index (κ2) is 9.23. The number of H-pyrrole nitrogens is 1. The minimum atomic E-state index is -0.355. The number of nitrogens with zero attached hydrogens (tertiary/aromatic N) is 4. The molecule has 2 unspecified atom stereocenters. The third kappa shape index (κ3) is 4.15. The van der Waals surface area contributed by atoms with Crippen LogP contribution in [0.4, 0.5) is 11.5 Å². The highest BCUT2D eigenvalue weighted by Gasteiger charge is 2.29. The van der Waals surface area contributed by atoms with E-state index in [0.29, 0.717) is 16.7 Å². The van der Waals surface area contributed by atoms with Crippen LogP contribution in [0.3, 0.4) is 0 Å². The predicted molar refractivity (Wildman–Crippen MR) is 124 cm³/mol. The molecule has 0 radical (unpaired) electrons. The summed E-state index contributed by atoms with van der Waals surface area (Å²) >= 11 is 0. The Labute approximate surface area is 194 Å². The Bertz CT molecular complexity index is 1410. The van der Waals surface area contributed by atoms with Gasteiger partial charge in [-0.25, -0.2) is 4.98 Å². The molecule has 1 amide bonds. The molecule has 1 saturated carbocycles. The van der Waals surface area contributed by atoms with Crippen LogP contribution in [-0.2, 0) is 6.54 Å². The highest BCUT2D eigenvalue weighted by molar-refractivity contribution is 5.92. The van der Waals surface area contributed by atoms with E-state index in [1.54, 1.807) is 6.20 Å². The molecule has 0 saturated heterocycles. The first-order valence-electron chi connectivity index (χ1n) is 11.2. The topological polar surface area (TPSA) is 142 Å². The van der Waals surface area contributed by atoms with Crippen LogP contribution in [0.1, 0.15) is 47.8 Å². The SMILES string of the molecule is N#CC1CCCCC1n1nc(Nc2cccc(CNC(=O)c3cnco3)c2)c2c(=O)[nH]ccc21. The van der Waals surface area contributed by atoms with Crippen molar-refractivity contribution in [3.8, 4) is 6.07 Å². The minimum absolute atomic E-state index is 0.0729. The summed E-state index contributed by atoms with van der Waals surface area (Å²) in [5.74, 6) is 0.0813. The van der Waals surface area contributed by atoms with Gasteiger partial charge in [-0.3, -0.25) is 14.3 Å². The molecular weight excluding hydrogens is 434 g/mol. The summed E-state index contributed by atoms with van der Waals surface area (Å²) in [5.41, 5.74) is 2.04. The van der Waals surface area contributed by atoms with E-state index in [1.807, 2.05) is 35.0 Å². The summed E-state index contributed by atoms with van der Waals surface area (Å²) in [4.78, 5) is 31.3. The van der Waals surface area contributed by atoms with Crippen LogP contribution in [0.2, 0.25) is 0 Å². The summed E-state index contributed by atoms with van der Waals surface area (Å²) in [6.45, 7) is 0.288. The third-order valence-corrected chi connectivity index (χ3v) is 6.14.